The molecule has 0 saturated carbocycles. The highest BCUT2D eigenvalue weighted by atomic mass is 19.4. The number of carbonyl (C=O) groups excluding carboxylic acids is 1. The van der Waals surface area contributed by atoms with Gasteiger partial charge in [-0.05, 0) is 42.0 Å². The fraction of sp³-hybridized carbons (Fsp3) is 0.280. The summed E-state index contributed by atoms with van der Waals surface area (Å²) in [6, 6.07) is 7.73. The lowest BCUT2D eigenvalue weighted by molar-refractivity contribution is -0.139. The summed E-state index contributed by atoms with van der Waals surface area (Å²) in [6.07, 6.45) is -4.99. The average Bonchev–Trinajstić information content (AvgIpc) is 2.80. The molecule has 0 saturated heterocycles. The molecule has 5 rings (SSSR count). The number of H-pyrrole nitrogens is 1. The zero-order valence-corrected chi connectivity index (χ0v) is 19.3. The number of fused-ring (bicyclic) bond motifs is 8. The zero-order chi connectivity index (χ0) is 26.0. The standard InChI is InChI=1S/C25H21F5N4O2/c1-24(2)11-31-10-13-7-14(26)3-4-18(13)33-12-34(19-5-6-21(35)32-22(19)24)23(36)15-8-17(27)16(9-20(15)33)25(28,29)30/h3-9,31H,10-12H2,1-2H3,(H,32,35). The van der Waals surface area contributed by atoms with Crippen LogP contribution in [0.2, 0.25) is 0 Å². The molecule has 3 heterocycles. The molecule has 2 bridgehead atoms. The number of hydrogen-bond acceptors (Lipinski definition) is 4. The molecule has 0 atom stereocenters. The number of nitrogens with one attached hydrogen (secondary N) is 2. The summed E-state index contributed by atoms with van der Waals surface area (Å²) in [6.45, 7) is 3.90. The van der Waals surface area contributed by atoms with E-state index in [4.69, 9.17) is 0 Å². The quantitative estimate of drug-likeness (QED) is 0.432. The first-order chi connectivity index (χ1) is 16.9. The molecule has 2 aliphatic heterocycles. The van der Waals surface area contributed by atoms with Crippen LogP contribution in [0.3, 0.4) is 0 Å². The third-order valence-electron chi connectivity index (χ3n) is 6.52. The number of benzene rings is 2. The second kappa shape index (κ2) is 8.16. The predicted octanol–water partition coefficient (Wildman–Crippen LogP) is 4.81. The number of nitrogens with zero attached hydrogens (tertiary/aromatic N) is 2. The van der Waals surface area contributed by atoms with E-state index in [0.717, 1.165) is 0 Å². The van der Waals surface area contributed by atoms with E-state index in [1.807, 2.05) is 13.8 Å². The highest BCUT2D eigenvalue weighted by molar-refractivity contribution is 6.13. The summed E-state index contributed by atoms with van der Waals surface area (Å²) in [4.78, 5) is 31.3. The van der Waals surface area contributed by atoms with Crippen LogP contribution in [0.5, 0.6) is 0 Å². The van der Waals surface area contributed by atoms with Gasteiger partial charge >= 0.3 is 6.18 Å². The van der Waals surface area contributed by atoms with E-state index in [-0.39, 0.29) is 24.5 Å². The fourth-order valence-electron chi connectivity index (χ4n) is 4.76. The largest absolute Gasteiger partial charge is 0.419 e. The van der Waals surface area contributed by atoms with Gasteiger partial charge < -0.3 is 15.2 Å². The van der Waals surface area contributed by atoms with E-state index in [2.05, 4.69) is 10.3 Å². The minimum Gasteiger partial charge on any atom is -0.324 e. The van der Waals surface area contributed by atoms with Crippen LogP contribution >= 0.6 is 0 Å². The molecule has 11 heteroatoms. The highest BCUT2D eigenvalue weighted by Crippen LogP contribution is 2.43. The van der Waals surface area contributed by atoms with E-state index in [9.17, 15) is 31.5 Å². The van der Waals surface area contributed by atoms with Crippen LogP contribution in [0, 0.1) is 11.6 Å². The third-order valence-corrected chi connectivity index (χ3v) is 6.52. The summed E-state index contributed by atoms with van der Waals surface area (Å²) in [5, 5.41) is 3.22. The minimum atomic E-state index is -4.99. The topological polar surface area (TPSA) is 68.4 Å². The van der Waals surface area contributed by atoms with Crippen molar-refractivity contribution in [2.75, 3.05) is 23.0 Å². The zero-order valence-electron chi connectivity index (χ0n) is 19.3. The van der Waals surface area contributed by atoms with Crippen LogP contribution in [0.15, 0.2) is 47.3 Å². The Kier molecular flexibility index (Phi) is 5.43. The fourth-order valence-corrected chi connectivity index (χ4v) is 4.76. The van der Waals surface area contributed by atoms with Gasteiger partial charge in [0.2, 0.25) is 5.56 Å². The lowest BCUT2D eigenvalue weighted by Gasteiger charge is -2.40. The molecule has 0 radical (unpaired) electrons. The van der Waals surface area contributed by atoms with Crippen molar-refractivity contribution in [2.24, 2.45) is 0 Å². The smallest absolute Gasteiger partial charge is 0.324 e. The summed E-state index contributed by atoms with van der Waals surface area (Å²) < 4.78 is 69.6. The lowest BCUT2D eigenvalue weighted by atomic mass is 9.87. The molecule has 188 valence electrons. The van der Waals surface area contributed by atoms with Gasteiger partial charge in [-0.2, -0.15) is 13.2 Å². The molecule has 1 amide bonds. The second-order valence-corrected chi connectivity index (χ2v) is 9.49. The van der Waals surface area contributed by atoms with Crippen LogP contribution in [-0.4, -0.2) is 24.1 Å². The molecule has 2 aromatic carbocycles. The summed E-state index contributed by atoms with van der Waals surface area (Å²) in [5.41, 5.74) is -1.53. The number of carbonyl (C=O) groups is 1. The van der Waals surface area contributed by atoms with Crippen molar-refractivity contribution in [3.8, 4) is 0 Å². The van der Waals surface area contributed by atoms with Gasteiger partial charge in [-0.25, -0.2) is 8.78 Å². The number of anilines is 3. The van der Waals surface area contributed by atoms with Crippen molar-refractivity contribution >= 4 is 23.0 Å². The molecule has 1 aromatic heterocycles. The van der Waals surface area contributed by atoms with Gasteiger partial charge in [-0.3, -0.25) is 14.5 Å². The van der Waals surface area contributed by atoms with Crippen molar-refractivity contribution in [3.05, 3.63) is 86.8 Å². The summed E-state index contributed by atoms with van der Waals surface area (Å²) >= 11 is 0. The maximum absolute atomic E-state index is 14.6. The molecule has 2 aliphatic rings. The number of amides is 1. The normalized spacial score (nSPS) is 17.1. The van der Waals surface area contributed by atoms with E-state index in [0.29, 0.717) is 41.3 Å². The minimum absolute atomic E-state index is 0.149. The molecule has 0 aliphatic carbocycles. The van der Waals surface area contributed by atoms with Gasteiger partial charge in [-0.15, -0.1) is 0 Å². The Labute approximate surface area is 202 Å². The van der Waals surface area contributed by atoms with Crippen LogP contribution in [0.4, 0.5) is 39.0 Å². The van der Waals surface area contributed by atoms with Gasteiger partial charge in [0.25, 0.3) is 5.91 Å². The Morgan fingerprint density at radius 2 is 1.64 bits per heavy atom. The molecule has 0 spiro atoms. The monoisotopic (exact) mass is 504 g/mol. The number of aromatic amines is 1. The van der Waals surface area contributed by atoms with E-state index >= 15 is 0 Å². The molecule has 0 fully saturated rings. The lowest BCUT2D eigenvalue weighted by Crippen LogP contribution is -2.47. The number of hydrogen-bond donors (Lipinski definition) is 2. The molecule has 3 aromatic rings. The van der Waals surface area contributed by atoms with Gasteiger partial charge in [0.05, 0.1) is 22.5 Å². The Hall–Kier alpha value is -3.73. The van der Waals surface area contributed by atoms with Gasteiger partial charge in [0.15, 0.2) is 0 Å². The van der Waals surface area contributed by atoms with Crippen molar-refractivity contribution in [1.82, 2.24) is 10.3 Å². The van der Waals surface area contributed by atoms with Crippen molar-refractivity contribution < 1.29 is 26.7 Å². The van der Waals surface area contributed by atoms with Crippen LogP contribution in [0.1, 0.15) is 41.0 Å². The SMILES string of the molecule is CC1(C)CNCc2cc(F)ccc2N2CN(C(=O)c3cc(F)c(C(F)(F)F)cc32)c2ccc(=O)[nH]c21. The number of rotatable bonds is 0. The number of halogens is 5. The van der Waals surface area contributed by atoms with Crippen molar-refractivity contribution in [3.63, 3.8) is 0 Å². The molecule has 36 heavy (non-hydrogen) atoms. The second-order valence-electron chi connectivity index (χ2n) is 9.49. The molecule has 6 nitrogen and oxygen atoms in total. The average molecular weight is 504 g/mol. The molecular formula is C25H21F5N4O2. The Bertz CT molecular complexity index is 1450. The van der Waals surface area contributed by atoms with Crippen LogP contribution in [-0.2, 0) is 18.1 Å². The molecular weight excluding hydrogens is 483 g/mol. The Balaban J connectivity index is 1.83. The van der Waals surface area contributed by atoms with Crippen LogP contribution in [0.25, 0.3) is 0 Å². The van der Waals surface area contributed by atoms with Gasteiger partial charge in [0.1, 0.15) is 18.3 Å². The van der Waals surface area contributed by atoms with Crippen molar-refractivity contribution in [1.29, 1.82) is 0 Å². The number of pyridine rings is 1. The van der Waals surface area contributed by atoms with Crippen LogP contribution < -0.4 is 20.7 Å². The highest BCUT2D eigenvalue weighted by Gasteiger charge is 2.41. The van der Waals surface area contributed by atoms with E-state index in [1.54, 1.807) is 0 Å². The summed E-state index contributed by atoms with van der Waals surface area (Å²) in [7, 11) is 0. The number of aromatic nitrogens is 1. The Morgan fingerprint density at radius 1 is 0.917 bits per heavy atom. The Morgan fingerprint density at radius 3 is 2.36 bits per heavy atom. The predicted molar refractivity (Wildman–Crippen MR) is 123 cm³/mol. The maximum Gasteiger partial charge on any atom is 0.419 e. The van der Waals surface area contributed by atoms with Gasteiger partial charge in [0, 0.05) is 36.0 Å². The van der Waals surface area contributed by atoms with E-state index in [1.165, 1.54) is 40.1 Å². The maximum atomic E-state index is 14.6. The summed E-state index contributed by atoms with van der Waals surface area (Å²) in [5.74, 6) is -2.85. The van der Waals surface area contributed by atoms with E-state index < -0.39 is 40.3 Å². The number of alkyl halides is 3. The first-order valence-electron chi connectivity index (χ1n) is 11.1. The molecule has 2 N–H and O–H groups in total. The third kappa shape index (κ3) is 3.93. The first kappa shape index (κ1) is 24.0. The first-order valence-corrected chi connectivity index (χ1v) is 11.1. The van der Waals surface area contributed by atoms with Gasteiger partial charge in [-0.1, -0.05) is 13.8 Å². The van der Waals surface area contributed by atoms with Crippen molar-refractivity contribution in [2.45, 2.75) is 32.0 Å². The molecule has 0 unspecified atom stereocenters.